The van der Waals surface area contributed by atoms with Crippen molar-refractivity contribution >= 4 is 23.4 Å². The largest absolute Gasteiger partial charge is 0.302 e. The SMILES string of the molecule is C=C(Cl)CSc1nnc(-c2ccncc2)n1CCC. The van der Waals surface area contributed by atoms with Gasteiger partial charge in [-0.15, -0.1) is 10.2 Å². The molecule has 0 aromatic carbocycles. The first-order valence-electron chi connectivity index (χ1n) is 6.02. The lowest BCUT2D eigenvalue weighted by molar-refractivity contribution is 0.626. The van der Waals surface area contributed by atoms with Crippen LogP contribution in [0, 0.1) is 0 Å². The summed E-state index contributed by atoms with van der Waals surface area (Å²) in [5.74, 6) is 1.51. The smallest absolute Gasteiger partial charge is 0.191 e. The van der Waals surface area contributed by atoms with E-state index in [9.17, 15) is 0 Å². The van der Waals surface area contributed by atoms with E-state index in [2.05, 4.69) is 33.3 Å². The average molecular weight is 295 g/mol. The molecule has 2 aromatic heterocycles. The maximum absolute atomic E-state index is 5.80. The first-order chi connectivity index (χ1) is 9.22. The van der Waals surface area contributed by atoms with Crippen molar-refractivity contribution in [2.24, 2.45) is 0 Å². The van der Waals surface area contributed by atoms with Crippen LogP contribution in [0.4, 0.5) is 0 Å². The van der Waals surface area contributed by atoms with Crippen LogP contribution in [0.2, 0.25) is 0 Å². The van der Waals surface area contributed by atoms with Gasteiger partial charge < -0.3 is 4.57 Å². The van der Waals surface area contributed by atoms with Crippen molar-refractivity contribution in [3.05, 3.63) is 36.1 Å². The molecule has 4 nitrogen and oxygen atoms in total. The van der Waals surface area contributed by atoms with Crippen LogP contribution in [-0.2, 0) is 6.54 Å². The molecule has 0 aliphatic heterocycles. The third-order valence-corrected chi connectivity index (χ3v) is 3.81. The van der Waals surface area contributed by atoms with Gasteiger partial charge in [-0.3, -0.25) is 4.98 Å². The summed E-state index contributed by atoms with van der Waals surface area (Å²) in [6.45, 7) is 6.70. The van der Waals surface area contributed by atoms with E-state index in [0.717, 1.165) is 29.5 Å². The van der Waals surface area contributed by atoms with Crippen LogP contribution in [0.25, 0.3) is 11.4 Å². The van der Waals surface area contributed by atoms with Crippen LogP contribution < -0.4 is 0 Å². The molecule has 2 rings (SSSR count). The van der Waals surface area contributed by atoms with Gasteiger partial charge >= 0.3 is 0 Å². The molecule has 0 N–H and O–H groups in total. The molecule has 2 aromatic rings. The van der Waals surface area contributed by atoms with Gasteiger partial charge in [0, 0.05) is 35.3 Å². The highest BCUT2D eigenvalue weighted by Gasteiger charge is 2.13. The number of thioether (sulfide) groups is 1. The molecule has 6 heteroatoms. The number of hydrogen-bond acceptors (Lipinski definition) is 4. The molecule has 2 heterocycles. The second-order valence-electron chi connectivity index (χ2n) is 4.00. The molecule has 0 aliphatic carbocycles. The first-order valence-corrected chi connectivity index (χ1v) is 7.38. The fraction of sp³-hybridized carbons (Fsp3) is 0.308. The number of hydrogen-bond donors (Lipinski definition) is 0. The second-order valence-corrected chi connectivity index (χ2v) is 5.48. The molecule has 0 radical (unpaired) electrons. The summed E-state index contributed by atoms with van der Waals surface area (Å²) in [7, 11) is 0. The van der Waals surface area contributed by atoms with E-state index in [1.807, 2.05) is 12.1 Å². The Morgan fingerprint density at radius 2 is 2.11 bits per heavy atom. The molecule has 19 heavy (non-hydrogen) atoms. The van der Waals surface area contributed by atoms with Gasteiger partial charge in [-0.2, -0.15) is 0 Å². The van der Waals surface area contributed by atoms with E-state index < -0.39 is 0 Å². The summed E-state index contributed by atoms with van der Waals surface area (Å²) in [4.78, 5) is 4.02. The zero-order valence-electron chi connectivity index (χ0n) is 10.7. The molecule has 0 fully saturated rings. The molecular weight excluding hydrogens is 280 g/mol. The Balaban J connectivity index is 2.31. The van der Waals surface area contributed by atoms with Crippen LogP contribution in [-0.4, -0.2) is 25.5 Å². The number of aromatic nitrogens is 4. The van der Waals surface area contributed by atoms with Gasteiger partial charge in [0.05, 0.1) is 0 Å². The predicted molar refractivity (Wildman–Crippen MR) is 79.3 cm³/mol. The molecule has 0 spiro atoms. The third-order valence-electron chi connectivity index (χ3n) is 2.46. The van der Waals surface area contributed by atoms with E-state index in [-0.39, 0.29) is 0 Å². The number of nitrogens with zero attached hydrogens (tertiary/aromatic N) is 4. The number of rotatable bonds is 6. The van der Waals surface area contributed by atoms with Crippen LogP contribution >= 0.6 is 23.4 Å². The average Bonchev–Trinajstić information content (AvgIpc) is 2.81. The minimum absolute atomic E-state index is 0.613. The number of halogens is 1. The quantitative estimate of drug-likeness (QED) is 0.764. The van der Waals surface area contributed by atoms with Gasteiger partial charge in [0.1, 0.15) is 0 Å². The Hall–Kier alpha value is -1.33. The first kappa shape index (κ1) is 14.1. The van der Waals surface area contributed by atoms with E-state index in [4.69, 9.17) is 11.6 Å². The highest BCUT2D eigenvalue weighted by molar-refractivity contribution is 7.99. The van der Waals surface area contributed by atoms with Gasteiger partial charge in [-0.05, 0) is 18.6 Å². The Kier molecular flexibility index (Phi) is 4.99. The Morgan fingerprint density at radius 1 is 1.37 bits per heavy atom. The molecule has 0 saturated heterocycles. The van der Waals surface area contributed by atoms with Gasteiger partial charge in [0.25, 0.3) is 0 Å². The fourth-order valence-electron chi connectivity index (χ4n) is 1.68. The van der Waals surface area contributed by atoms with Crippen LogP contribution in [0.15, 0.2) is 41.3 Å². The van der Waals surface area contributed by atoms with Crippen LogP contribution in [0.3, 0.4) is 0 Å². The maximum atomic E-state index is 5.80. The van der Waals surface area contributed by atoms with Crippen molar-refractivity contribution in [2.45, 2.75) is 25.0 Å². The third kappa shape index (κ3) is 3.58. The summed E-state index contributed by atoms with van der Waals surface area (Å²) in [5, 5.41) is 10.00. The molecule has 0 amide bonds. The summed E-state index contributed by atoms with van der Waals surface area (Å²) in [6.07, 6.45) is 4.53. The van der Waals surface area contributed by atoms with Crippen LogP contribution in [0.1, 0.15) is 13.3 Å². The second kappa shape index (κ2) is 6.73. The minimum Gasteiger partial charge on any atom is -0.302 e. The van der Waals surface area contributed by atoms with E-state index in [0.29, 0.717) is 10.8 Å². The molecular formula is C13H15ClN4S. The van der Waals surface area contributed by atoms with E-state index in [1.54, 1.807) is 24.2 Å². The summed E-state index contributed by atoms with van der Waals surface area (Å²) in [5.41, 5.74) is 1.02. The zero-order valence-corrected chi connectivity index (χ0v) is 12.3. The Morgan fingerprint density at radius 3 is 2.74 bits per heavy atom. The minimum atomic E-state index is 0.613. The lowest BCUT2D eigenvalue weighted by atomic mass is 10.2. The van der Waals surface area contributed by atoms with Crippen LogP contribution in [0.5, 0.6) is 0 Å². The van der Waals surface area contributed by atoms with Gasteiger partial charge in [0.2, 0.25) is 0 Å². The fourth-order valence-corrected chi connectivity index (χ4v) is 2.56. The van der Waals surface area contributed by atoms with Crippen molar-refractivity contribution in [3.8, 4) is 11.4 Å². The summed E-state index contributed by atoms with van der Waals surface area (Å²) in [6, 6.07) is 3.87. The van der Waals surface area contributed by atoms with Gasteiger partial charge in [0.15, 0.2) is 11.0 Å². The van der Waals surface area contributed by atoms with Crippen molar-refractivity contribution in [1.82, 2.24) is 19.7 Å². The summed E-state index contributed by atoms with van der Waals surface area (Å²) >= 11 is 7.35. The van der Waals surface area contributed by atoms with Crippen molar-refractivity contribution in [2.75, 3.05) is 5.75 Å². The molecule has 100 valence electrons. The molecule has 0 bridgehead atoms. The van der Waals surface area contributed by atoms with E-state index in [1.165, 1.54) is 0 Å². The predicted octanol–water partition coefficient (Wildman–Crippen LogP) is 3.59. The summed E-state index contributed by atoms with van der Waals surface area (Å²) < 4.78 is 2.11. The van der Waals surface area contributed by atoms with E-state index >= 15 is 0 Å². The maximum Gasteiger partial charge on any atom is 0.191 e. The highest BCUT2D eigenvalue weighted by Crippen LogP contribution is 2.25. The lowest BCUT2D eigenvalue weighted by Crippen LogP contribution is -2.02. The van der Waals surface area contributed by atoms with Gasteiger partial charge in [-0.1, -0.05) is 36.9 Å². The Labute approximate surface area is 121 Å². The topological polar surface area (TPSA) is 43.6 Å². The molecule has 0 atom stereocenters. The zero-order chi connectivity index (χ0) is 13.7. The van der Waals surface area contributed by atoms with Crippen molar-refractivity contribution in [3.63, 3.8) is 0 Å². The highest BCUT2D eigenvalue weighted by atomic mass is 35.5. The normalized spacial score (nSPS) is 10.6. The molecule has 0 aliphatic rings. The lowest BCUT2D eigenvalue weighted by Gasteiger charge is -2.08. The molecule has 0 saturated carbocycles. The number of pyridine rings is 1. The molecule has 0 unspecified atom stereocenters. The monoisotopic (exact) mass is 294 g/mol. The van der Waals surface area contributed by atoms with Gasteiger partial charge in [-0.25, -0.2) is 0 Å². The standard InChI is InChI=1S/C13H15ClN4S/c1-3-8-18-12(11-4-6-15-7-5-11)16-17-13(18)19-9-10(2)14/h4-7H,2-3,8-9H2,1H3. The Bertz CT molecular complexity index is 553. The van der Waals surface area contributed by atoms with Crippen molar-refractivity contribution in [1.29, 1.82) is 0 Å². The van der Waals surface area contributed by atoms with Crippen molar-refractivity contribution < 1.29 is 0 Å².